The molecule has 33 heavy (non-hydrogen) atoms. The van der Waals surface area contributed by atoms with Crippen molar-refractivity contribution in [3.8, 4) is 23.0 Å². The maximum Gasteiger partial charge on any atom is 0.262 e. The van der Waals surface area contributed by atoms with Gasteiger partial charge in [0.1, 0.15) is 0 Å². The van der Waals surface area contributed by atoms with E-state index in [1.807, 2.05) is 32.0 Å². The molecule has 0 unspecified atom stereocenters. The maximum atomic E-state index is 13.1. The number of hydrogen-bond donors (Lipinski definition) is 2. The Bertz CT molecular complexity index is 1300. The van der Waals surface area contributed by atoms with Gasteiger partial charge in [0.25, 0.3) is 5.56 Å². The van der Waals surface area contributed by atoms with Crippen LogP contribution in [-0.4, -0.2) is 35.5 Å². The monoisotopic (exact) mass is 471 g/mol. The van der Waals surface area contributed by atoms with Crippen LogP contribution in [0.2, 0.25) is 0 Å². The number of nitrogens with one attached hydrogen (secondary N) is 2. The number of carbonyl (C=O) groups excluding carboxylic acids is 1. The predicted molar refractivity (Wildman–Crippen MR) is 125 cm³/mol. The first-order valence-corrected chi connectivity index (χ1v) is 11.1. The second-order valence-electron chi connectivity index (χ2n) is 7.31. The fourth-order valence-corrected chi connectivity index (χ4v) is 3.84. The molecule has 1 aromatic heterocycles. The van der Waals surface area contributed by atoms with Crippen molar-refractivity contribution in [1.82, 2.24) is 14.9 Å². The summed E-state index contributed by atoms with van der Waals surface area (Å²) >= 11 is 5.38. The number of fused-ring (bicyclic) bond motifs is 2. The second kappa shape index (κ2) is 9.95. The summed E-state index contributed by atoms with van der Waals surface area (Å²) in [7, 11) is 0. The van der Waals surface area contributed by atoms with E-state index in [2.05, 4.69) is 10.3 Å². The SMILES string of the molecule is CCOc1cc2[nH]c(=S)n(CCC(=O)NCc3ccc4c(c3)OCO4)c(=O)c2cc1OCC. The van der Waals surface area contributed by atoms with Crippen LogP contribution >= 0.6 is 12.2 Å². The Balaban J connectivity index is 1.47. The lowest BCUT2D eigenvalue weighted by molar-refractivity contribution is -0.121. The Morgan fingerprint density at radius 1 is 1.12 bits per heavy atom. The van der Waals surface area contributed by atoms with Crippen molar-refractivity contribution in [2.45, 2.75) is 33.4 Å². The Morgan fingerprint density at radius 3 is 2.61 bits per heavy atom. The molecule has 0 atom stereocenters. The molecule has 0 radical (unpaired) electrons. The minimum Gasteiger partial charge on any atom is -0.490 e. The van der Waals surface area contributed by atoms with Crippen molar-refractivity contribution in [2.24, 2.45) is 0 Å². The number of rotatable bonds is 9. The molecule has 1 aliphatic heterocycles. The van der Waals surface area contributed by atoms with Gasteiger partial charge in [-0.1, -0.05) is 6.07 Å². The van der Waals surface area contributed by atoms with Crippen molar-refractivity contribution in [2.75, 3.05) is 20.0 Å². The van der Waals surface area contributed by atoms with Gasteiger partial charge in [-0.05, 0) is 49.8 Å². The highest BCUT2D eigenvalue weighted by Gasteiger charge is 2.15. The Hall–Kier alpha value is -3.53. The summed E-state index contributed by atoms with van der Waals surface area (Å²) in [4.78, 5) is 28.6. The molecule has 4 rings (SSSR count). The van der Waals surface area contributed by atoms with E-state index < -0.39 is 0 Å². The molecule has 1 aliphatic rings. The predicted octanol–water partition coefficient (Wildman–Crippen LogP) is 3.29. The van der Waals surface area contributed by atoms with Crippen LogP contribution in [0.1, 0.15) is 25.8 Å². The molecule has 2 heterocycles. The Labute approximate surface area is 195 Å². The van der Waals surface area contributed by atoms with Crippen LogP contribution in [0.3, 0.4) is 0 Å². The fraction of sp³-hybridized carbons (Fsp3) is 0.348. The van der Waals surface area contributed by atoms with E-state index in [1.54, 1.807) is 12.1 Å². The van der Waals surface area contributed by atoms with E-state index in [0.717, 1.165) is 5.56 Å². The summed E-state index contributed by atoms with van der Waals surface area (Å²) in [6.45, 7) is 5.32. The zero-order valence-electron chi connectivity index (χ0n) is 18.4. The quantitative estimate of drug-likeness (QED) is 0.462. The van der Waals surface area contributed by atoms with Gasteiger partial charge in [-0.3, -0.25) is 14.2 Å². The van der Waals surface area contributed by atoms with Gasteiger partial charge in [-0.2, -0.15) is 0 Å². The summed E-state index contributed by atoms with van der Waals surface area (Å²) in [5.74, 6) is 2.18. The second-order valence-corrected chi connectivity index (χ2v) is 7.70. The third kappa shape index (κ3) is 4.95. The summed E-state index contributed by atoms with van der Waals surface area (Å²) < 4.78 is 23.5. The van der Waals surface area contributed by atoms with Crippen molar-refractivity contribution in [1.29, 1.82) is 0 Å². The van der Waals surface area contributed by atoms with Crippen molar-refractivity contribution < 1.29 is 23.7 Å². The maximum absolute atomic E-state index is 13.1. The van der Waals surface area contributed by atoms with Crippen LogP contribution in [0.15, 0.2) is 35.1 Å². The van der Waals surface area contributed by atoms with Gasteiger partial charge in [-0.25, -0.2) is 0 Å². The van der Waals surface area contributed by atoms with Crippen LogP contribution in [0.25, 0.3) is 10.9 Å². The lowest BCUT2D eigenvalue weighted by atomic mass is 10.2. The third-order valence-electron chi connectivity index (χ3n) is 5.14. The van der Waals surface area contributed by atoms with E-state index in [-0.39, 0.29) is 36.0 Å². The van der Waals surface area contributed by atoms with Gasteiger partial charge < -0.3 is 29.2 Å². The van der Waals surface area contributed by atoms with Gasteiger partial charge in [0, 0.05) is 25.6 Å². The number of carbonyl (C=O) groups is 1. The van der Waals surface area contributed by atoms with Crippen LogP contribution in [0.4, 0.5) is 0 Å². The molecule has 0 saturated heterocycles. The molecule has 2 aromatic carbocycles. The molecule has 0 aliphatic carbocycles. The Morgan fingerprint density at radius 2 is 1.85 bits per heavy atom. The summed E-state index contributed by atoms with van der Waals surface area (Å²) in [6.07, 6.45) is 0.1000. The van der Waals surface area contributed by atoms with E-state index in [9.17, 15) is 9.59 Å². The Kier molecular flexibility index (Phi) is 6.83. The number of aromatic nitrogens is 2. The molecule has 0 fully saturated rings. The highest BCUT2D eigenvalue weighted by Crippen LogP contribution is 2.32. The summed E-state index contributed by atoms with van der Waals surface area (Å²) in [5, 5.41) is 3.27. The van der Waals surface area contributed by atoms with Crippen LogP contribution in [0, 0.1) is 4.77 Å². The van der Waals surface area contributed by atoms with E-state index >= 15 is 0 Å². The molecule has 3 aromatic rings. The molecule has 0 spiro atoms. The van der Waals surface area contributed by atoms with Crippen LogP contribution in [0.5, 0.6) is 23.0 Å². The average Bonchev–Trinajstić information content (AvgIpc) is 3.27. The normalized spacial score (nSPS) is 12.1. The number of nitrogens with zero attached hydrogens (tertiary/aromatic N) is 1. The molecule has 9 nitrogen and oxygen atoms in total. The van der Waals surface area contributed by atoms with Crippen molar-refractivity contribution in [3.63, 3.8) is 0 Å². The number of aromatic amines is 1. The number of H-pyrrole nitrogens is 1. The fourth-order valence-electron chi connectivity index (χ4n) is 3.55. The third-order valence-corrected chi connectivity index (χ3v) is 5.46. The highest BCUT2D eigenvalue weighted by molar-refractivity contribution is 7.71. The first-order chi connectivity index (χ1) is 16.0. The molecule has 1 amide bonds. The van der Waals surface area contributed by atoms with Gasteiger partial charge in [-0.15, -0.1) is 0 Å². The standard InChI is InChI=1S/C23H25N3O6S/c1-3-29-19-10-15-16(11-20(19)30-4-2)25-23(33)26(22(15)28)8-7-21(27)24-12-14-5-6-17-18(9-14)32-13-31-17/h5-6,9-11H,3-4,7-8,12-13H2,1-2H3,(H,24,27)(H,25,33). The smallest absolute Gasteiger partial charge is 0.262 e. The van der Waals surface area contributed by atoms with Gasteiger partial charge >= 0.3 is 0 Å². The first kappa shape index (κ1) is 22.7. The van der Waals surface area contributed by atoms with Crippen LogP contribution in [-0.2, 0) is 17.9 Å². The van der Waals surface area contributed by atoms with Gasteiger partial charge in [0.15, 0.2) is 27.8 Å². The van der Waals surface area contributed by atoms with Gasteiger partial charge in [0.05, 0.1) is 24.1 Å². The van der Waals surface area contributed by atoms with E-state index in [4.69, 9.17) is 31.2 Å². The molecule has 0 bridgehead atoms. The number of hydrogen-bond acceptors (Lipinski definition) is 7. The summed E-state index contributed by atoms with van der Waals surface area (Å²) in [6, 6.07) is 8.87. The number of ether oxygens (including phenoxy) is 4. The number of benzene rings is 2. The zero-order chi connectivity index (χ0) is 23.4. The minimum absolute atomic E-state index is 0.1000. The van der Waals surface area contributed by atoms with E-state index in [1.165, 1.54) is 4.57 Å². The molecule has 10 heteroatoms. The van der Waals surface area contributed by atoms with Crippen LogP contribution < -0.4 is 29.8 Å². The minimum atomic E-state index is -0.290. The summed E-state index contributed by atoms with van der Waals surface area (Å²) in [5.41, 5.74) is 1.16. The lowest BCUT2D eigenvalue weighted by Gasteiger charge is -2.13. The first-order valence-electron chi connectivity index (χ1n) is 10.7. The largest absolute Gasteiger partial charge is 0.490 e. The van der Waals surface area contributed by atoms with Crippen molar-refractivity contribution >= 4 is 29.0 Å². The molecular formula is C23H25N3O6S. The number of amides is 1. The molecular weight excluding hydrogens is 446 g/mol. The molecule has 2 N–H and O–H groups in total. The van der Waals surface area contributed by atoms with Crippen molar-refractivity contribution in [3.05, 3.63) is 51.0 Å². The highest BCUT2D eigenvalue weighted by atomic mass is 32.1. The average molecular weight is 472 g/mol. The molecule has 174 valence electrons. The topological polar surface area (TPSA) is 104 Å². The lowest BCUT2D eigenvalue weighted by Crippen LogP contribution is -2.28. The van der Waals surface area contributed by atoms with Gasteiger partial charge in [0.2, 0.25) is 12.7 Å². The molecule has 0 saturated carbocycles. The van der Waals surface area contributed by atoms with E-state index in [0.29, 0.717) is 53.7 Å². The zero-order valence-corrected chi connectivity index (χ0v) is 19.3.